The molecule has 7 nitrogen and oxygen atoms in total. The fraction of sp³-hybridized carbons (Fsp3) is 0.944. The number of carbonyl (C=O) groups is 1. The van der Waals surface area contributed by atoms with E-state index in [4.69, 9.17) is 4.74 Å². The minimum atomic E-state index is -2.98. The van der Waals surface area contributed by atoms with Crippen molar-refractivity contribution in [2.45, 2.75) is 63.7 Å². The highest BCUT2D eigenvalue weighted by Crippen LogP contribution is 2.40. The number of sulfone groups is 1. The maximum absolute atomic E-state index is 12.2. The number of likely N-dealkylation sites (tertiary alicyclic amines) is 1. The molecule has 0 aromatic carbocycles. The quantitative estimate of drug-likeness (QED) is 0.688. The van der Waals surface area contributed by atoms with Crippen molar-refractivity contribution in [1.29, 1.82) is 0 Å². The number of carbonyl (C=O) groups excluding carboxylic acids is 1. The van der Waals surface area contributed by atoms with E-state index in [2.05, 4.69) is 10.2 Å². The molecule has 0 aromatic heterocycles. The van der Waals surface area contributed by atoms with Crippen LogP contribution in [0.15, 0.2) is 0 Å². The fourth-order valence-corrected chi connectivity index (χ4v) is 4.59. The second kappa shape index (κ2) is 8.12. The minimum Gasteiger partial charge on any atom is -0.388 e. The summed E-state index contributed by atoms with van der Waals surface area (Å²) < 4.78 is 28.7. The second-order valence-corrected chi connectivity index (χ2v) is 10.9. The van der Waals surface area contributed by atoms with Crippen LogP contribution in [0.5, 0.6) is 0 Å². The first-order valence-electron chi connectivity index (χ1n) is 9.49. The zero-order valence-corrected chi connectivity index (χ0v) is 17.3. The number of amides is 1. The number of aliphatic hydroxyl groups excluding tert-OH is 1. The van der Waals surface area contributed by atoms with E-state index in [-0.39, 0.29) is 17.6 Å². The molecule has 2 fully saturated rings. The molecule has 1 spiro atoms. The van der Waals surface area contributed by atoms with E-state index in [1.165, 1.54) is 6.26 Å². The van der Waals surface area contributed by atoms with Crippen LogP contribution in [0.1, 0.15) is 46.5 Å². The summed E-state index contributed by atoms with van der Waals surface area (Å²) in [4.78, 5) is 14.3. The van der Waals surface area contributed by atoms with Gasteiger partial charge in [0.2, 0.25) is 5.91 Å². The Labute approximate surface area is 157 Å². The van der Waals surface area contributed by atoms with Crippen molar-refractivity contribution in [3.8, 4) is 0 Å². The summed E-state index contributed by atoms with van der Waals surface area (Å²) in [5, 5.41) is 14.1. The molecule has 0 bridgehead atoms. The van der Waals surface area contributed by atoms with Crippen LogP contribution in [0.25, 0.3) is 0 Å². The number of piperidine rings is 1. The lowest BCUT2D eigenvalue weighted by molar-refractivity contribution is -0.207. The maximum atomic E-state index is 12.2. The third-order valence-electron chi connectivity index (χ3n) is 5.61. The van der Waals surface area contributed by atoms with Gasteiger partial charge in [0.1, 0.15) is 15.9 Å². The number of hydrogen-bond donors (Lipinski definition) is 2. The van der Waals surface area contributed by atoms with Crippen molar-refractivity contribution >= 4 is 15.7 Å². The van der Waals surface area contributed by atoms with Gasteiger partial charge in [0.05, 0.1) is 16.9 Å². The third-order valence-corrected chi connectivity index (χ3v) is 6.54. The summed E-state index contributed by atoms with van der Waals surface area (Å²) in [5.74, 6) is 0.374. The first-order valence-corrected chi connectivity index (χ1v) is 11.5. The highest BCUT2D eigenvalue weighted by molar-refractivity contribution is 7.90. The Morgan fingerprint density at radius 2 is 1.92 bits per heavy atom. The molecule has 0 aliphatic carbocycles. The van der Waals surface area contributed by atoms with E-state index in [9.17, 15) is 18.3 Å². The van der Waals surface area contributed by atoms with Gasteiger partial charge < -0.3 is 20.1 Å². The van der Waals surface area contributed by atoms with Crippen molar-refractivity contribution < 1.29 is 23.1 Å². The van der Waals surface area contributed by atoms with Crippen LogP contribution < -0.4 is 5.32 Å². The molecule has 2 heterocycles. The van der Waals surface area contributed by atoms with E-state index >= 15 is 0 Å². The molecular weight excluding hydrogens is 356 g/mol. The van der Waals surface area contributed by atoms with Gasteiger partial charge in [-0.05, 0) is 32.1 Å². The zero-order chi connectivity index (χ0) is 19.6. The Hall–Kier alpha value is -0.700. The van der Waals surface area contributed by atoms with Crippen LogP contribution in [0.3, 0.4) is 0 Å². The molecule has 2 atom stereocenters. The molecule has 2 saturated heterocycles. The highest BCUT2D eigenvalue weighted by Gasteiger charge is 2.53. The number of aliphatic hydroxyl groups is 1. The summed E-state index contributed by atoms with van der Waals surface area (Å²) in [7, 11) is -2.98. The standard InChI is InChI=1S/C18H34N2O5S/c1-14(2)13-15(21)19-17(3)7-11-25-18(16(17)22)5-8-20(9-6-18)10-12-26(4,23)24/h14,16,22H,5-13H2,1-4H3,(H,19,21)/t16?,17-/m1/s1. The molecule has 8 heteroatoms. The molecule has 0 radical (unpaired) electrons. The van der Waals surface area contributed by atoms with Crippen molar-refractivity contribution in [3.05, 3.63) is 0 Å². The van der Waals surface area contributed by atoms with Gasteiger partial charge in [0, 0.05) is 38.9 Å². The Kier molecular flexibility index (Phi) is 6.75. The monoisotopic (exact) mass is 390 g/mol. The summed E-state index contributed by atoms with van der Waals surface area (Å²) in [6.45, 7) is 8.26. The van der Waals surface area contributed by atoms with Crippen molar-refractivity contribution in [2.75, 3.05) is 38.2 Å². The molecule has 1 amide bonds. The maximum Gasteiger partial charge on any atom is 0.220 e. The average Bonchev–Trinajstić information content (AvgIpc) is 2.50. The number of nitrogens with zero attached hydrogens (tertiary/aromatic N) is 1. The van der Waals surface area contributed by atoms with E-state index in [0.717, 1.165) is 0 Å². The Morgan fingerprint density at radius 3 is 2.46 bits per heavy atom. The number of nitrogens with one attached hydrogen (secondary N) is 1. The lowest BCUT2D eigenvalue weighted by Crippen LogP contribution is -2.69. The summed E-state index contributed by atoms with van der Waals surface area (Å²) in [6, 6.07) is 0. The largest absolute Gasteiger partial charge is 0.388 e. The number of rotatable bonds is 6. The molecular formula is C18H34N2O5S. The van der Waals surface area contributed by atoms with Crippen molar-refractivity contribution in [1.82, 2.24) is 10.2 Å². The normalized spacial score (nSPS) is 29.8. The summed E-state index contributed by atoms with van der Waals surface area (Å²) in [6.07, 6.45) is 2.75. The average molecular weight is 391 g/mol. The van der Waals surface area contributed by atoms with Crippen LogP contribution in [-0.4, -0.2) is 79.8 Å². The van der Waals surface area contributed by atoms with Gasteiger partial charge in [-0.2, -0.15) is 0 Å². The molecule has 1 unspecified atom stereocenters. The number of ether oxygens (including phenoxy) is 1. The Morgan fingerprint density at radius 1 is 1.31 bits per heavy atom. The fourth-order valence-electron chi connectivity index (χ4n) is 4.00. The molecule has 2 N–H and O–H groups in total. The first kappa shape index (κ1) is 21.6. The van der Waals surface area contributed by atoms with Crippen molar-refractivity contribution in [3.63, 3.8) is 0 Å². The van der Waals surface area contributed by atoms with Gasteiger partial charge in [-0.1, -0.05) is 13.8 Å². The molecule has 0 aromatic rings. The summed E-state index contributed by atoms with van der Waals surface area (Å²) in [5.41, 5.74) is -1.36. The van der Waals surface area contributed by atoms with Gasteiger partial charge in [0.15, 0.2) is 0 Å². The lowest BCUT2D eigenvalue weighted by atomic mass is 9.73. The van der Waals surface area contributed by atoms with Gasteiger partial charge in [-0.15, -0.1) is 0 Å². The predicted molar refractivity (Wildman–Crippen MR) is 101 cm³/mol. The first-order chi connectivity index (χ1) is 12.0. The smallest absolute Gasteiger partial charge is 0.220 e. The number of hydrogen-bond acceptors (Lipinski definition) is 6. The minimum absolute atomic E-state index is 0.0378. The molecule has 2 aliphatic heterocycles. The van der Waals surface area contributed by atoms with E-state index in [1.54, 1.807) is 0 Å². The lowest BCUT2D eigenvalue weighted by Gasteiger charge is -2.53. The van der Waals surface area contributed by atoms with E-state index in [0.29, 0.717) is 51.9 Å². The van der Waals surface area contributed by atoms with Crippen LogP contribution in [0, 0.1) is 5.92 Å². The molecule has 2 aliphatic rings. The highest BCUT2D eigenvalue weighted by atomic mass is 32.2. The van der Waals surface area contributed by atoms with Gasteiger partial charge in [-0.3, -0.25) is 4.79 Å². The predicted octanol–water partition coefficient (Wildman–Crippen LogP) is 0.568. The van der Waals surface area contributed by atoms with Crippen LogP contribution >= 0.6 is 0 Å². The van der Waals surface area contributed by atoms with Gasteiger partial charge in [-0.25, -0.2) is 8.42 Å². The molecule has 2 rings (SSSR count). The molecule has 0 saturated carbocycles. The molecule has 26 heavy (non-hydrogen) atoms. The van der Waals surface area contributed by atoms with Crippen LogP contribution in [0.2, 0.25) is 0 Å². The van der Waals surface area contributed by atoms with Crippen LogP contribution in [-0.2, 0) is 19.4 Å². The molecule has 152 valence electrons. The van der Waals surface area contributed by atoms with Crippen molar-refractivity contribution in [2.24, 2.45) is 5.92 Å². The Balaban J connectivity index is 1.98. The van der Waals surface area contributed by atoms with E-state index < -0.39 is 27.1 Å². The SMILES string of the molecule is CC(C)CC(=O)N[C@]1(C)CCOC2(CCN(CCS(C)(=O)=O)CC2)C1O. The van der Waals surface area contributed by atoms with E-state index in [1.807, 2.05) is 20.8 Å². The Bertz CT molecular complexity index is 599. The summed E-state index contributed by atoms with van der Waals surface area (Å²) >= 11 is 0. The van der Waals surface area contributed by atoms with Crippen LogP contribution in [0.4, 0.5) is 0 Å². The second-order valence-electron chi connectivity index (χ2n) is 8.60. The third kappa shape index (κ3) is 5.41. The topological polar surface area (TPSA) is 95.9 Å². The van der Waals surface area contributed by atoms with Gasteiger partial charge >= 0.3 is 0 Å². The zero-order valence-electron chi connectivity index (χ0n) is 16.5. The van der Waals surface area contributed by atoms with Gasteiger partial charge in [0.25, 0.3) is 0 Å².